The Bertz CT molecular complexity index is 1170. The summed E-state index contributed by atoms with van der Waals surface area (Å²) in [6.07, 6.45) is 1.54. The van der Waals surface area contributed by atoms with E-state index < -0.39 is 5.24 Å². The molecule has 0 atom stereocenters. The average molecular weight is 394 g/mol. The molecular weight excluding hydrogens is 378 g/mol. The molecule has 0 fully saturated rings. The van der Waals surface area contributed by atoms with Gasteiger partial charge in [0.25, 0.3) is 5.24 Å². The minimum Gasteiger partial charge on any atom is -0.489 e. The second-order valence-corrected chi connectivity index (χ2v) is 6.68. The van der Waals surface area contributed by atoms with E-state index in [1.54, 1.807) is 36.5 Å². The fraction of sp³-hybridized carbons (Fsp3) is 0.0952. The number of nitrogens with zero attached hydrogens (tertiary/aromatic N) is 2. The first kappa shape index (κ1) is 18.0. The van der Waals surface area contributed by atoms with Gasteiger partial charge < -0.3 is 14.9 Å². The molecule has 0 spiro atoms. The number of anilines is 1. The standard InChI is InChI=1S/C21H16ClN3O3/c1-12-8-14(20-25-18-9-16(23)10-24-21(18)28-20)2-3-15(12)11-27-17-6-4-13(5-7-17)19(22)26/h2-10H,11,23H2,1H3. The molecule has 2 heterocycles. The predicted octanol–water partition coefficient (Wildman–Crippen LogP) is 4.74. The van der Waals surface area contributed by atoms with Gasteiger partial charge in [0, 0.05) is 11.1 Å². The Morgan fingerprint density at radius 3 is 2.68 bits per heavy atom. The zero-order chi connectivity index (χ0) is 19.7. The second kappa shape index (κ2) is 7.32. The SMILES string of the molecule is Cc1cc(-c2nc3cc(N)cnc3o2)ccc1COc1ccc(C(=O)Cl)cc1. The van der Waals surface area contributed by atoms with E-state index in [-0.39, 0.29) is 0 Å². The minimum atomic E-state index is -0.491. The van der Waals surface area contributed by atoms with Crippen LogP contribution >= 0.6 is 11.6 Å². The summed E-state index contributed by atoms with van der Waals surface area (Å²) >= 11 is 5.45. The maximum atomic E-state index is 11.1. The molecular formula is C21H16ClN3O3. The van der Waals surface area contributed by atoms with Crippen LogP contribution in [0.5, 0.6) is 5.75 Å². The van der Waals surface area contributed by atoms with Crippen molar-refractivity contribution >= 4 is 33.8 Å². The summed E-state index contributed by atoms with van der Waals surface area (Å²) in [4.78, 5) is 19.7. The molecule has 0 saturated carbocycles. The summed E-state index contributed by atoms with van der Waals surface area (Å²) < 4.78 is 11.5. The zero-order valence-electron chi connectivity index (χ0n) is 15.0. The van der Waals surface area contributed by atoms with Gasteiger partial charge in [0.1, 0.15) is 17.9 Å². The van der Waals surface area contributed by atoms with Gasteiger partial charge in [0.15, 0.2) is 0 Å². The molecule has 2 N–H and O–H groups in total. The van der Waals surface area contributed by atoms with Crippen LogP contribution in [0.1, 0.15) is 21.5 Å². The van der Waals surface area contributed by atoms with Gasteiger partial charge in [-0.05, 0) is 72.1 Å². The average Bonchev–Trinajstić information content (AvgIpc) is 3.10. The lowest BCUT2D eigenvalue weighted by molar-refractivity contribution is 0.108. The fourth-order valence-corrected chi connectivity index (χ4v) is 2.92. The summed E-state index contributed by atoms with van der Waals surface area (Å²) in [5, 5.41) is -0.491. The number of aromatic nitrogens is 2. The van der Waals surface area contributed by atoms with Gasteiger partial charge in [-0.2, -0.15) is 0 Å². The molecule has 0 saturated heterocycles. The van der Waals surface area contributed by atoms with E-state index >= 15 is 0 Å². The number of carbonyl (C=O) groups excluding carboxylic acids is 1. The molecule has 0 radical (unpaired) electrons. The van der Waals surface area contributed by atoms with E-state index in [0.29, 0.717) is 40.7 Å². The normalized spacial score (nSPS) is 10.9. The summed E-state index contributed by atoms with van der Waals surface area (Å²) in [6.45, 7) is 2.39. The number of aryl methyl sites for hydroxylation is 1. The van der Waals surface area contributed by atoms with Crippen LogP contribution in [-0.2, 0) is 6.61 Å². The monoisotopic (exact) mass is 393 g/mol. The molecule has 0 aliphatic heterocycles. The number of hydrogen-bond donors (Lipinski definition) is 1. The summed E-state index contributed by atoms with van der Waals surface area (Å²) in [5.74, 6) is 1.15. The van der Waals surface area contributed by atoms with Gasteiger partial charge in [-0.3, -0.25) is 4.79 Å². The van der Waals surface area contributed by atoms with Gasteiger partial charge in [-0.15, -0.1) is 0 Å². The number of benzene rings is 2. The largest absolute Gasteiger partial charge is 0.489 e. The van der Waals surface area contributed by atoms with Crippen molar-refractivity contribution in [3.8, 4) is 17.2 Å². The number of pyridine rings is 1. The lowest BCUT2D eigenvalue weighted by Crippen LogP contribution is -1.98. The molecule has 0 aliphatic carbocycles. The molecule has 0 amide bonds. The van der Waals surface area contributed by atoms with E-state index in [2.05, 4.69) is 9.97 Å². The molecule has 0 aliphatic rings. The van der Waals surface area contributed by atoms with Crippen LogP contribution in [0.25, 0.3) is 22.7 Å². The molecule has 6 nitrogen and oxygen atoms in total. The first-order chi connectivity index (χ1) is 13.5. The number of halogens is 1. The first-order valence-electron chi connectivity index (χ1n) is 8.54. The van der Waals surface area contributed by atoms with Crippen molar-refractivity contribution in [1.82, 2.24) is 9.97 Å². The van der Waals surface area contributed by atoms with Gasteiger partial charge in [-0.1, -0.05) is 6.07 Å². The summed E-state index contributed by atoms with van der Waals surface area (Å²) in [6, 6.07) is 14.3. The molecule has 4 rings (SSSR count). The summed E-state index contributed by atoms with van der Waals surface area (Å²) in [5.41, 5.74) is 10.7. The highest BCUT2D eigenvalue weighted by molar-refractivity contribution is 6.67. The molecule has 28 heavy (non-hydrogen) atoms. The van der Waals surface area contributed by atoms with E-state index in [0.717, 1.165) is 16.7 Å². The number of fused-ring (bicyclic) bond motifs is 1. The predicted molar refractivity (Wildman–Crippen MR) is 107 cm³/mol. The van der Waals surface area contributed by atoms with Crippen molar-refractivity contribution in [1.29, 1.82) is 0 Å². The third kappa shape index (κ3) is 3.68. The van der Waals surface area contributed by atoms with Crippen LogP contribution in [0.3, 0.4) is 0 Å². The Kier molecular flexibility index (Phi) is 4.71. The quantitative estimate of drug-likeness (QED) is 0.492. The number of nitrogens with two attached hydrogens (primary N) is 1. The Morgan fingerprint density at radius 1 is 1.18 bits per heavy atom. The van der Waals surface area contributed by atoms with Gasteiger partial charge in [-0.25, -0.2) is 9.97 Å². The highest BCUT2D eigenvalue weighted by atomic mass is 35.5. The van der Waals surface area contributed by atoms with Crippen molar-refractivity contribution < 1.29 is 13.9 Å². The summed E-state index contributed by atoms with van der Waals surface area (Å²) in [7, 11) is 0. The van der Waals surface area contributed by atoms with Crippen LogP contribution < -0.4 is 10.5 Å². The van der Waals surface area contributed by atoms with E-state index in [4.69, 9.17) is 26.5 Å². The van der Waals surface area contributed by atoms with Gasteiger partial charge in [0.2, 0.25) is 11.6 Å². The van der Waals surface area contributed by atoms with Crippen molar-refractivity contribution in [3.63, 3.8) is 0 Å². The highest BCUT2D eigenvalue weighted by Gasteiger charge is 2.11. The Morgan fingerprint density at radius 2 is 1.96 bits per heavy atom. The van der Waals surface area contributed by atoms with Crippen LogP contribution in [0.2, 0.25) is 0 Å². The number of hydrogen-bond acceptors (Lipinski definition) is 6. The smallest absolute Gasteiger partial charge is 0.252 e. The number of carbonyl (C=O) groups is 1. The molecule has 0 bridgehead atoms. The maximum Gasteiger partial charge on any atom is 0.252 e. The Balaban J connectivity index is 1.51. The molecule has 2 aromatic heterocycles. The third-order valence-electron chi connectivity index (χ3n) is 4.33. The van der Waals surface area contributed by atoms with Crippen molar-refractivity contribution in [3.05, 3.63) is 71.4 Å². The molecule has 4 aromatic rings. The van der Waals surface area contributed by atoms with E-state index in [1.807, 2.05) is 25.1 Å². The molecule has 0 unspecified atom stereocenters. The van der Waals surface area contributed by atoms with E-state index in [1.165, 1.54) is 0 Å². The molecule has 7 heteroatoms. The van der Waals surface area contributed by atoms with Crippen LogP contribution in [-0.4, -0.2) is 15.2 Å². The lowest BCUT2D eigenvalue weighted by atomic mass is 10.1. The van der Waals surface area contributed by atoms with Crippen molar-refractivity contribution in [2.24, 2.45) is 0 Å². The third-order valence-corrected chi connectivity index (χ3v) is 4.55. The Labute approximate surface area is 165 Å². The van der Waals surface area contributed by atoms with E-state index in [9.17, 15) is 4.79 Å². The molecule has 2 aromatic carbocycles. The van der Waals surface area contributed by atoms with Crippen LogP contribution in [0.15, 0.2) is 59.1 Å². The maximum absolute atomic E-state index is 11.1. The van der Waals surface area contributed by atoms with Crippen molar-refractivity contribution in [2.75, 3.05) is 5.73 Å². The second-order valence-electron chi connectivity index (χ2n) is 6.34. The van der Waals surface area contributed by atoms with Crippen LogP contribution in [0.4, 0.5) is 5.69 Å². The number of nitrogen functional groups attached to an aromatic ring is 1. The topological polar surface area (TPSA) is 91.2 Å². The fourth-order valence-electron chi connectivity index (χ4n) is 2.80. The zero-order valence-corrected chi connectivity index (χ0v) is 15.7. The Hall–Kier alpha value is -3.38. The molecule has 140 valence electrons. The van der Waals surface area contributed by atoms with Gasteiger partial charge in [0.05, 0.1) is 11.9 Å². The number of ether oxygens (including phenoxy) is 1. The highest BCUT2D eigenvalue weighted by Crippen LogP contribution is 2.26. The lowest BCUT2D eigenvalue weighted by Gasteiger charge is -2.10. The number of rotatable bonds is 5. The van der Waals surface area contributed by atoms with Crippen LogP contribution in [0, 0.1) is 6.92 Å². The van der Waals surface area contributed by atoms with Gasteiger partial charge >= 0.3 is 0 Å². The van der Waals surface area contributed by atoms with Crippen molar-refractivity contribution in [2.45, 2.75) is 13.5 Å². The number of oxazole rings is 1. The minimum absolute atomic E-state index is 0.395. The first-order valence-corrected chi connectivity index (χ1v) is 8.92.